The van der Waals surface area contributed by atoms with Crippen molar-refractivity contribution in [1.82, 2.24) is 0 Å². The topological polar surface area (TPSA) is 0 Å². The van der Waals surface area contributed by atoms with Crippen LogP contribution in [-0.4, -0.2) is 0 Å². The third-order valence-electron chi connectivity index (χ3n) is 0.0825. The molecule has 0 N–H and O–H groups in total. The van der Waals surface area contributed by atoms with E-state index in [4.69, 9.17) is 23.2 Å². The number of hydrogen-bond acceptors (Lipinski definition) is 0. The van der Waals surface area contributed by atoms with E-state index in [0.29, 0.717) is 3.94 Å². The van der Waals surface area contributed by atoms with Gasteiger partial charge in [0.2, 0.25) is 0 Å². The summed E-state index contributed by atoms with van der Waals surface area (Å²) in [7, 11) is 0. The summed E-state index contributed by atoms with van der Waals surface area (Å²) in [6.07, 6.45) is 0. The molecule has 0 saturated heterocycles. The van der Waals surface area contributed by atoms with Gasteiger partial charge in [-0.2, -0.15) is 0 Å². The van der Waals surface area contributed by atoms with E-state index in [1.165, 1.54) is 5.54 Å². The lowest BCUT2D eigenvalue weighted by Gasteiger charge is -1.65. The summed E-state index contributed by atoms with van der Waals surface area (Å²) >= 11 is 13.0. The zero-order valence-electron chi connectivity index (χ0n) is 2.21. The summed E-state index contributed by atoms with van der Waals surface area (Å²) in [6.45, 7) is 0. The normalized spacial score (nSPS) is 12.2. The van der Waals surface area contributed by atoms with Crippen LogP contribution in [0.1, 0.15) is 0 Å². The molecule has 0 amide bonds. The van der Waals surface area contributed by atoms with E-state index in [2.05, 4.69) is 15.9 Å². The van der Waals surface area contributed by atoms with Crippen LogP contribution in [0.2, 0.25) is 0 Å². The van der Waals surface area contributed by atoms with Gasteiger partial charge in [-0.1, -0.05) is 23.2 Å². The Morgan fingerprint density at radius 1 is 1.80 bits per heavy atom. The summed E-state index contributed by atoms with van der Waals surface area (Å²) in [6, 6.07) is 0. The maximum atomic E-state index is 5.11. The van der Waals surface area contributed by atoms with Gasteiger partial charge in [0.25, 0.3) is 0 Å². The molecule has 0 aromatic carbocycles. The molecule has 0 bridgehead atoms. The predicted octanol–water partition coefficient (Wildman–Crippen LogP) is 2.66. The fourth-order valence-electron chi connectivity index (χ4n) is 0. The molecule has 0 aliphatic rings. The van der Waals surface area contributed by atoms with Crippen molar-refractivity contribution in [2.24, 2.45) is 0 Å². The summed E-state index contributed by atoms with van der Waals surface area (Å²) in [5.41, 5.74) is 1.24. The van der Waals surface area contributed by atoms with E-state index in [0.717, 1.165) is 0 Å². The van der Waals surface area contributed by atoms with E-state index < -0.39 is 0 Å². The van der Waals surface area contributed by atoms with Gasteiger partial charge in [0, 0.05) is 5.54 Å². The summed E-state index contributed by atoms with van der Waals surface area (Å²) in [4.78, 5) is 0. The Balaban J connectivity index is 3.14. The zero-order chi connectivity index (χ0) is 4.28. The second-order valence-electron chi connectivity index (χ2n) is 0.399. The summed E-state index contributed by atoms with van der Waals surface area (Å²) in [5, 5.41) is 0. The average Bonchev–Trinajstić information content (AvgIpc) is 1.38. The lowest BCUT2D eigenvalue weighted by Crippen LogP contribution is -1.32. The molecule has 0 heterocycles. The van der Waals surface area contributed by atoms with Crippen molar-refractivity contribution in [2.45, 2.75) is 0 Å². The van der Waals surface area contributed by atoms with Crippen LogP contribution >= 0.6 is 39.1 Å². The highest BCUT2D eigenvalue weighted by Crippen LogP contribution is 2.09. The monoisotopic (exact) mass is 174 g/mol. The molecular weight excluding hydrogens is 175 g/mol. The van der Waals surface area contributed by atoms with Gasteiger partial charge in [-0.15, -0.1) is 0 Å². The Morgan fingerprint density at radius 2 is 2.00 bits per heavy atom. The van der Waals surface area contributed by atoms with Crippen LogP contribution < -0.4 is 0 Å². The molecule has 0 aliphatic carbocycles. The first-order valence-corrected chi connectivity index (χ1v) is 2.49. The largest absolute Gasteiger partial charge is 0.0946 e. The van der Waals surface area contributed by atoms with E-state index in [1.807, 2.05) is 0 Å². The van der Waals surface area contributed by atoms with Gasteiger partial charge in [-0.3, -0.25) is 0 Å². The molecule has 0 aliphatic heterocycles. The standard InChI is InChI=1S/C2HBrCl2/c3-2(5)1-4/h1H/b2-1-. The molecular formula is C2HBrCl2. The Hall–Kier alpha value is 0.800. The molecule has 0 fully saturated rings. The second-order valence-corrected chi connectivity index (χ2v) is 2.34. The molecule has 0 unspecified atom stereocenters. The predicted molar refractivity (Wildman–Crippen MR) is 28.7 cm³/mol. The molecule has 0 spiro atoms. The van der Waals surface area contributed by atoms with Crippen molar-refractivity contribution in [3.63, 3.8) is 0 Å². The van der Waals surface area contributed by atoms with Gasteiger partial charge in [-0.05, 0) is 15.9 Å². The Bertz CT molecular complexity index is 45.6. The molecule has 0 rings (SSSR count). The van der Waals surface area contributed by atoms with Gasteiger partial charge in [0.05, 0.1) is 3.94 Å². The third-order valence-corrected chi connectivity index (χ3v) is 1.01. The smallest absolute Gasteiger partial charge is 0.0908 e. The van der Waals surface area contributed by atoms with Crippen molar-refractivity contribution < 1.29 is 0 Å². The molecule has 0 aromatic heterocycles. The lowest BCUT2D eigenvalue weighted by molar-refractivity contribution is 2.43. The van der Waals surface area contributed by atoms with E-state index in [-0.39, 0.29) is 0 Å². The SMILES string of the molecule is Cl/C=C(\Cl)Br. The van der Waals surface area contributed by atoms with Gasteiger partial charge >= 0.3 is 0 Å². The van der Waals surface area contributed by atoms with E-state index in [9.17, 15) is 0 Å². The maximum absolute atomic E-state index is 5.11. The molecule has 5 heavy (non-hydrogen) atoms. The minimum Gasteiger partial charge on any atom is -0.0908 e. The third kappa shape index (κ3) is 4.80. The quantitative estimate of drug-likeness (QED) is 0.531. The van der Waals surface area contributed by atoms with Gasteiger partial charge < -0.3 is 0 Å². The lowest BCUT2D eigenvalue weighted by atomic mass is 11.3. The van der Waals surface area contributed by atoms with E-state index >= 15 is 0 Å². The van der Waals surface area contributed by atoms with Crippen LogP contribution in [0.25, 0.3) is 0 Å². The minimum atomic E-state index is 0.430. The maximum Gasteiger partial charge on any atom is 0.0946 e. The highest BCUT2D eigenvalue weighted by molar-refractivity contribution is 9.12. The first-order chi connectivity index (χ1) is 2.27. The highest BCUT2D eigenvalue weighted by Gasteiger charge is 1.69. The van der Waals surface area contributed by atoms with Crippen molar-refractivity contribution in [3.8, 4) is 0 Å². The summed E-state index contributed by atoms with van der Waals surface area (Å²) in [5.74, 6) is 0. The molecule has 30 valence electrons. The fourth-order valence-corrected chi connectivity index (χ4v) is 0. The fraction of sp³-hybridized carbons (Fsp3) is 0. The zero-order valence-corrected chi connectivity index (χ0v) is 5.31. The number of rotatable bonds is 0. The van der Waals surface area contributed by atoms with Crippen LogP contribution in [-0.2, 0) is 0 Å². The Labute approximate surface area is 48.9 Å². The molecule has 0 radical (unpaired) electrons. The molecule has 0 aromatic rings. The highest BCUT2D eigenvalue weighted by atomic mass is 79.9. The van der Waals surface area contributed by atoms with Crippen molar-refractivity contribution >= 4 is 39.1 Å². The van der Waals surface area contributed by atoms with Crippen LogP contribution in [0.5, 0.6) is 0 Å². The first kappa shape index (κ1) is 5.80. The molecule has 0 saturated carbocycles. The molecule has 0 atom stereocenters. The van der Waals surface area contributed by atoms with Crippen LogP contribution in [0, 0.1) is 0 Å². The number of halogens is 3. The van der Waals surface area contributed by atoms with Gasteiger partial charge in [0.1, 0.15) is 0 Å². The van der Waals surface area contributed by atoms with Crippen molar-refractivity contribution in [1.29, 1.82) is 0 Å². The molecule has 3 heteroatoms. The van der Waals surface area contributed by atoms with Crippen molar-refractivity contribution in [3.05, 3.63) is 9.48 Å². The minimum absolute atomic E-state index is 0.430. The van der Waals surface area contributed by atoms with Gasteiger partial charge in [-0.25, -0.2) is 0 Å². The van der Waals surface area contributed by atoms with Crippen molar-refractivity contribution in [2.75, 3.05) is 0 Å². The second kappa shape index (κ2) is 3.01. The van der Waals surface area contributed by atoms with Crippen LogP contribution in [0.4, 0.5) is 0 Å². The number of hydrogen-bond donors (Lipinski definition) is 0. The van der Waals surface area contributed by atoms with Gasteiger partial charge in [0.15, 0.2) is 0 Å². The van der Waals surface area contributed by atoms with Crippen LogP contribution in [0.15, 0.2) is 9.48 Å². The summed E-state index contributed by atoms with van der Waals surface area (Å²) < 4.78 is 0.430. The average molecular weight is 176 g/mol. The first-order valence-electron chi connectivity index (χ1n) is 0.885. The van der Waals surface area contributed by atoms with E-state index in [1.54, 1.807) is 0 Å². The van der Waals surface area contributed by atoms with Crippen LogP contribution in [0.3, 0.4) is 0 Å². The Morgan fingerprint density at radius 3 is 2.00 bits per heavy atom. The molecule has 0 nitrogen and oxygen atoms in total. The Kier molecular flexibility index (Phi) is 3.49.